The second-order valence-corrected chi connectivity index (χ2v) is 2.52. The molecule has 0 N–H and O–H groups in total. The number of rotatable bonds is 2. The fraction of sp³-hybridized carbons (Fsp3) is 0.111. The van der Waals surface area contributed by atoms with E-state index in [1.165, 1.54) is 6.33 Å². The Labute approximate surface area is 80.8 Å². The average Bonchev–Trinajstić information content (AvgIpc) is 2.30. The topological polar surface area (TPSA) is 60.8 Å². The van der Waals surface area contributed by atoms with Gasteiger partial charge in [0.25, 0.3) is 0 Å². The van der Waals surface area contributed by atoms with Crippen LogP contribution in [-0.4, -0.2) is 27.0 Å². The zero-order chi connectivity index (χ0) is 9.80. The van der Waals surface area contributed by atoms with Crippen molar-refractivity contribution in [3.05, 3.63) is 30.9 Å². The van der Waals surface area contributed by atoms with E-state index in [4.69, 9.17) is 4.74 Å². The Bertz CT molecular complexity index is 418. The third-order valence-electron chi connectivity index (χ3n) is 1.65. The van der Waals surface area contributed by atoms with Gasteiger partial charge in [-0.15, -0.1) is 0 Å². The lowest BCUT2D eigenvalue weighted by Gasteiger charge is -2.00. The Morgan fingerprint density at radius 3 is 2.79 bits per heavy atom. The molecule has 2 heterocycles. The second kappa shape index (κ2) is 3.78. The van der Waals surface area contributed by atoms with E-state index in [0.29, 0.717) is 17.4 Å². The zero-order valence-electron chi connectivity index (χ0n) is 7.58. The van der Waals surface area contributed by atoms with Gasteiger partial charge in [-0.2, -0.15) is 4.98 Å². The van der Waals surface area contributed by atoms with Crippen molar-refractivity contribution in [2.24, 2.45) is 0 Å². The average molecular weight is 188 g/mol. The number of methoxy groups -OCH3 is 1. The Morgan fingerprint density at radius 2 is 2.07 bits per heavy atom. The summed E-state index contributed by atoms with van der Waals surface area (Å²) in [7, 11) is 1.56. The summed E-state index contributed by atoms with van der Waals surface area (Å²) in [6.07, 6.45) is 4.73. The summed E-state index contributed by atoms with van der Waals surface area (Å²) in [6, 6.07) is 3.43. The lowest BCUT2D eigenvalue weighted by Crippen LogP contribution is -1.94. The molecule has 5 nitrogen and oxygen atoms in total. The summed E-state index contributed by atoms with van der Waals surface area (Å²) in [4.78, 5) is 16.1. The molecule has 0 bridgehead atoms. The minimum atomic E-state index is 0.522. The van der Waals surface area contributed by atoms with E-state index in [1.807, 2.05) is 0 Å². The van der Waals surface area contributed by atoms with Gasteiger partial charge in [0.2, 0.25) is 5.88 Å². The summed E-state index contributed by atoms with van der Waals surface area (Å²) in [5.74, 6) is 1.06. The summed E-state index contributed by atoms with van der Waals surface area (Å²) in [5.41, 5.74) is 0.680. The smallest absolute Gasteiger partial charge is 0.216 e. The molecule has 0 aliphatic rings. The number of hydrogen-bond acceptors (Lipinski definition) is 5. The third-order valence-corrected chi connectivity index (χ3v) is 1.65. The highest BCUT2D eigenvalue weighted by Crippen LogP contribution is 2.12. The van der Waals surface area contributed by atoms with Crippen LogP contribution in [0.2, 0.25) is 0 Å². The van der Waals surface area contributed by atoms with Crippen LogP contribution in [0.3, 0.4) is 0 Å². The van der Waals surface area contributed by atoms with Crippen LogP contribution in [0.4, 0.5) is 0 Å². The number of nitrogens with zero attached hydrogens (tertiary/aromatic N) is 4. The highest BCUT2D eigenvalue weighted by Gasteiger charge is 2.02. The Balaban J connectivity index is 2.42. The highest BCUT2D eigenvalue weighted by molar-refractivity contribution is 5.47. The first-order valence-corrected chi connectivity index (χ1v) is 4.03. The van der Waals surface area contributed by atoms with Crippen molar-refractivity contribution in [2.75, 3.05) is 7.11 Å². The standard InChI is InChI=1S/C9H8N4O/c1-14-8-3-5-11-9(13-8)7-2-4-10-6-12-7/h2-6H,1H3. The number of hydrogen-bond donors (Lipinski definition) is 0. The van der Waals surface area contributed by atoms with Gasteiger partial charge in [0, 0.05) is 18.5 Å². The first-order chi connectivity index (χ1) is 6.90. The van der Waals surface area contributed by atoms with E-state index in [1.54, 1.807) is 31.6 Å². The predicted octanol–water partition coefficient (Wildman–Crippen LogP) is 0.942. The number of ether oxygens (including phenoxy) is 1. The molecule has 5 heteroatoms. The van der Waals surface area contributed by atoms with Crippen LogP contribution in [0.5, 0.6) is 5.88 Å². The highest BCUT2D eigenvalue weighted by atomic mass is 16.5. The molecule has 0 aliphatic carbocycles. The van der Waals surface area contributed by atoms with Gasteiger partial charge in [-0.1, -0.05) is 0 Å². The maximum absolute atomic E-state index is 4.98. The molecular formula is C9H8N4O. The lowest BCUT2D eigenvalue weighted by molar-refractivity contribution is 0.397. The van der Waals surface area contributed by atoms with Crippen LogP contribution in [0.15, 0.2) is 30.9 Å². The largest absolute Gasteiger partial charge is 0.481 e. The van der Waals surface area contributed by atoms with Crippen LogP contribution in [0.1, 0.15) is 0 Å². The maximum Gasteiger partial charge on any atom is 0.216 e. The normalized spacial score (nSPS) is 9.79. The van der Waals surface area contributed by atoms with E-state index in [-0.39, 0.29) is 0 Å². The molecule has 14 heavy (non-hydrogen) atoms. The summed E-state index contributed by atoms with van der Waals surface area (Å²) >= 11 is 0. The first-order valence-electron chi connectivity index (χ1n) is 4.03. The van der Waals surface area contributed by atoms with Crippen LogP contribution in [0.25, 0.3) is 11.5 Å². The summed E-state index contributed by atoms with van der Waals surface area (Å²) < 4.78 is 4.98. The van der Waals surface area contributed by atoms with Gasteiger partial charge in [-0.3, -0.25) is 0 Å². The molecule has 0 unspecified atom stereocenters. The third kappa shape index (κ3) is 1.66. The Kier molecular flexibility index (Phi) is 2.31. The van der Waals surface area contributed by atoms with Gasteiger partial charge in [0.1, 0.15) is 12.0 Å². The van der Waals surface area contributed by atoms with Crippen LogP contribution >= 0.6 is 0 Å². The maximum atomic E-state index is 4.98. The molecule has 2 rings (SSSR count). The van der Waals surface area contributed by atoms with Crippen molar-refractivity contribution in [1.82, 2.24) is 19.9 Å². The summed E-state index contributed by atoms with van der Waals surface area (Å²) in [5, 5.41) is 0. The van der Waals surface area contributed by atoms with Gasteiger partial charge in [-0.25, -0.2) is 15.0 Å². The SMILES string of the molecule is COc1ccnc(-c2ccncn2)n1. The van der Waals surface area contributed by atoms with E-state index in [9.17, 15) is 0 Å². The predicted molar refractivity (Wildman–Crippen MR) is 49.6 cm³/mol. The minimum Gasteiger partial charge on any atom is -0.481 e. The molecular weight excluding hydrogens is 180 g/mol. The molecule has 0 fully saturated rings. The van der Waals surface area contributed by atoms with E-state index < -0.39 is 0 Å². The molecule has 0 saturated heterocycles. The van der Waals surface area contributed by atoms with Gasteiger partial charge in [0.15, 0.2) is 5.82 Å². The van der Waals surface area contributed by atoms with Crippen molar-refractivity contribution in [3.8, 4) is 17.4 Å². The van der Waals surface area contributed by atoms with Crippen molar-refractivity contribution in [3.63, 3.8) is 0 Å². The van der Waals surface area contributed by atoms with Crippen molar-refractivity contribution >= 4 is 0 Å². The van der Waals surface area contributed by atoms with Gasteiger partial charge < -0.3 is 4.74 Å². The Hall–Kier alpha value is -2.04. The molecule has 0 spiro atoms. The Morgan fingerprint density at radius 1 is 1.14 bits per heavy atom. The molecule has 2 aromatic rings. The van der Waals surface area contributed by atoms with E-state index in [0.717, 1.165) is 0 Å². The lowest BCUT2D eigenvalue weighted by atomic mass is 10.4. The summed E-state index contributed by atoms with van der Waals surface area (Å²) in [6.45, 7) is 0. The molecule has 0 saturated carbocycles. The molecule has 0 radical (unpaired) electrons. The van der Waals surface area contributed by atoms with E-state index in [2.05, 4.69) is 19.9 Å². The van der Waals surface area contributed by atoms with Gasteiger partial charge >= 0.3 is 0 Å². The quantitative estimate of drug-likeness (QED) is 0.701. The second-order valence-electron chi connectivity index (χ2n) is 2.52. The van der Waals surface area contributed by atoms with Crippen LogP contribution in [-0.2, 0) is 0 Å². The zero-order valence-corrected chi connectivity index (χ0v) is 7.58. The molecule has 0 atom stereocenters. The molecule has 0 aromatic carbocycles. The van der Waals surface area contributed by atoms with Crippen molar-refractivity contribution < 1.29 is 4.74 Å². The molecule has 0 amide bonds. The molecule has 0 aliphatic heterocycles. The van der Waals surface area contributed by atoms with Crippen molar-refractivity contribution in [1.29, 1.82) is 0 Å². The first kappa shape index (κ1) is 8.55. The fourth-order valence-electron chi connectivity index (χ4n) is 1.00. The monoisotopic (exact) mass is 188 g/mol. The molecule has 70 valence electrons. The minimum absolute atomic E-state index is 0.522. The van der Waals surface area contributed by atoms with Crippen LogP contribution in [0, 0.1) is 0 Å². The van der Waals surface area contributed by atoms with Crippen LogP contribution < -0.4 is 4.74 Å². The molecule has 2 aromatic heterocycles. The van der Waals surface area contributed by atoms with Gasteiger partial charge in [-0.05, 0) is 6.07 Å². The number of aromatic nitrogens is 4. The fourth-order valence-corrected chi connectivity index (χ4v) is 1.00. The van der Waals surface area contributed by atoms with Gasteiger partial charge in [0.05, 0.1) is 7.11 Å². The van der Waals surface area contributed by atoms with E-state index >= 15 is 0 Å². The van der Waals surface area contributed by atoms with Crippen molar-refractivity contribution in [2.45, 2.75) is 0 Å².